The molecule has 1 heteroatoms. The number of nitrogens with zero attached hydrogens (tertiary/aromatic N) is 1. The fraction of sp³-hybridized carbons (Fsp3) is 0.300. The van der Waals surface area contributed by atoms with Gasteiger partial charge in [-0.1, -0.05) is 48.6 Å². The van der Waals surface area contributed by atoms with E-state index in [9.17, 15) is 0 Å². The zero-order chi connectivity index (χ0) is 14.4. The Morgan fingerprint density at radius 2 is 1.95 bits per heavy atom. The topological polar surface area (TPSA) is 3.24 Å². The highest BCUT2D eigenvalue weighted by Gasteiger charge is 2.31. The molecule has 0 N–H and O–H groups in total. The Bertz CT molecular complexity index is 702. The van der Waals surface area contributed by atoms with E-state index in [0.717, 1.165) is 6.54 Å². The second kappa shape index (κ2) is 4.85. The van der Waals surface area contributed by atoms with E-state index >= 15 is 0 Å². The number of allylic oxidation sites excluding steroid dienone is 12. The number of hydrogen-bond acceptors (Lipinski definition) is 1. The monoisotopic (exact) mass is 275 g/mol. The molecule has 4 rings (SSSR count). The molecule has 0 fully saturated rings. The molecular weight excluding hydrogens is 254 g/mol. The summed E-state index contributed by atoms with van der Waals surface area (Å²) in [6.45, 7) is 1.00. The van der Waals surface area contributed by atoms with E-state index in [0.29, 0.717) is 5.92 Å². The molecule has 0 amide bonds. The van der Waals surface area contributed by atoms with Crippen molar-refractivity contribution in [3.63, 3.8) is 0 Å². The highest BCUT2D eigenvalue weighted by Crippen LogP contribution is 2.45. The number of fused-ring (bicyclic) bond motifs is 1. The summed E-state index contributed by atoms with van der Waals surface area (Å²) in [4.78, 5) is 2.24. The Balaban J connectivity index is 1.84. The number of likely N-dealkylation sites (N-methyl/N-ethyl adjacent to an activating group) is 1. The third-order valence-electron chi connectivity index (χ3n) is 4.63. The summed E-state index contributed by atoms with van der Waals surface area (Å²) in [5.41, 5.74) is 8.77. The summed E-state index contributed by atoms with van der Waals surface area (Å²) in [6.07, 6.45) is 21.1. The Hall–Kier alpha value is -1.86. The Kier molecular flexibility index (Phi) is 2.97. The fourth-order valence-corrected chi connectivity index (χ4v) is 3.79. The lowest BCUT2D eigenvalue weighted by molar-refractivity contribution is 0.448. The maximum atomic E-state index is 2.39. The molecule has 0 unspecified atom stereocenters. The van der Waals surface area contributed by atoms with Crippen LogP contribution in [0.1, 0.15) is 12.8 Å². The van der Waals surface area contributed by atoms with Crippen LogP contribution in [0.5, 0.6) is 0 Å². The molecule has 0 aliphatic heterocycles. The predicted molar refractivity (Wildman–Crippen MR) is 88.9 cm³/mol. The predicted octanol–water partition coefficient (Wildman–Crippen LogP) is 4.11. The van der Waals surface area contributed by atoms with E-state index in [1.807, 2.05) is 0 Å². The molecule has 1 atom stereocenters. The molecule has 1 nitrogen and oxygen atoms in total. The second-order valence-electron chi connectivity index (χ2n) is 6.54. The molecule has 0 radical (unpaired) electrons. The van der Waals surface area contributed by atoms with Crippen molar-refractivity contribution in [1.29, 1.82) is 0 Å². The van der Waals surface area contributed by atoms with Gasteiger partial charge in [-0.2, -0.15) is 0 Å². The van der Waals surface area contributed by atoms with Gasteiger partial charge < -0.3 is 4.90 Å². The van der Waals surface area contributed by atoms with E-state index in [1.54, 1.807) is 0 Å². The van der Waals surface area contributed by atoms with Crippen molar-refractivity contribution in [2.24, 2.45) is 5.92 Å². The first-order chi connectivity index (χ1) is 10.2. The van der Waals surface area contributed by atoms with Crippen LogP contribution in [0.25, 0.3) is 0 Å². The van der Waals surface area contributed by atoms with Gasteiger partial charge in [0.25, 0.3) is 0 Å². The molecule has 0 saturated carbocycles. The lowest BCUT2D eigenvalue weighted by atomic mass is 9.81. The lowest BCUT2D eigenvalue weighted by Gasteiger charge is -2.24. The normalized spacial score (nSPS) is 26.0. The first kappa shape index (κ1) is 12.8. The highest BCUT2D eigenvalue weighted by atomic mass is 15.0. The van der Waals surface area contributed by atoms with Gasteiger partial charge in [-0.05, 0) is 60.4 Å². The zero-order valence-corrected chi connectivity index (χ0v) is 12.8. The van der Waals surface area contributed by atoms with E-state index in [2.05, 4.69) is 67.6 Å². The van der Waals surface area contributed by atoms with E-state index < -0.39 is 0 Å². The third kappa shape index (κ3) is 2.13. The van der Waals surface area contributed by atoms with Gasteiger partial charge in [0.05, 0.1) is 0 Å². The van der Waals surface area contributed by atoms with Crippen LogP contribution in [0.4, 0.5) is 0 Å². The molecule has 0 bridgehead atoms. The van der Waals surface area contributed by atoms with Crippen molar-refractivity contribution in [2.75, 3.05) is 20.6 Å². The lowest BCUT2D eigenvalue weighted by Crippen LogP contribution is -2.18. The number of rotatable bonds is 2. The SMILES string of the molecule is CN(C)CC1=CC2=CC=C3CCC=CC3=C3C=CC(=C1)[C@@H]23. The first-order valence-electron chi connectivity index (χ1n) is 7.79. The summed E-state index contributed by atoms with van der Waals surface area (Å²) in [5.74, 6) is 0.461. The zero-order valence-electron chi connectivity index (χ0n) is 12.8. The molecule has 0 aromatic heterocycles. The standard InChI is InChI=1S/C20H21N/c1-21(2)13-14-11-16-8-7-15-5-3-4-6-18(15)19-10-9-17(12-14)20(16)19/h4,6-12,20H,3,5,13H2,1-2H3/t20-/m1/s1. The molecule has 4 aliphatic rings. The number of hydrogen-bond donors (Lipinski definition) is 0. The van der Waals surface area contributed by atoms with Gasteiger partial charge in [0.15, 0.2) is 0 Å². The van der Waals surface area contributed by atoms with Crippen molar-refractivity contribution in [2.45, 2.75) is 12.8 Å². The summed E-state index contributed by atoms with van der Waals surface area (Å²) >= 11 is 0. The van der Waals surface area contributed by atoms with Crippen LogP contribution < -0.4 is 0 Å². The first-order valence-corrected chi connectivity index (χ1v) is 7.79. The Morgan fingerprint density at radius 1 is 1.05 bits per heavy atom. The minimum absolute atomic E-state index is 0.461. The van der Waals surface area contributed by atoms with E-state index in [4.69, 9.17) is 0 Å². The van der Waals surface area contributed by atoms with Gasteiger partial charge in [0.1, 0.15) is 0 Å². The average Bonchev–Trinajstić information content (AvgIpc) is 2.80. The minimum atomic E-state index is 0.461. The molecular formula is C20H21N. The van der Waals surface area contributed by atoms with Crippen LogP contribution in [0.15, 0.2) is 82.0 Å². The smallest absolute Gasteiger partial charge is 0.0346 e. The fourth-order valence-electron chi connectivity index (χ4n) is 3.79. The Morgan fingerprint density at radius 3 is 2.81 bits per heavy atom. The molecule has 0 saturated heterocycles. The van der Waals surface area contributed by atoms with Gasteiger partial charge in [-0.3, -0.25) is 0 Å². The van der Waals surface area contributed by atoms with E-state index in [-0.39, 0.29) is 0 Å². The molecule has 0 spiro atoms. The van der Waals surface area contributed by atoms with Crippen LogP contribution in [-0.4, -0.2) is 25.5 Å². The van der Waals surface area contributed by atoms with Crippen molar-refractivity contribution < 1.29 is 0 Å². The summed E-state index contributed by atoms with van der Waals surface area (Å²) in [5, 5.41) is 0. The van der Waals surface area contributed by atoms with Crippen LogP contribution in [-0.2, 0) is 0 Å². The van der Waals surface area contributed by atoms with Crippen molar-refractivity contribution in [3.05, 3.63) is 82.0 Å². The summed E-state index contributed by atoms with van der Waals surface area (Å²) in [7, 11) is 4.26. The largest absolute Gasteiger partial charge is 0.305 e. The minimum Gasteiger partial charge on any atom is -0.305 e. The van der Waals surface area contributed by atoms with Crippen molar-refractivity contribution in [3.8, 4) is 0 Å². The molecule has 106 valence electrons. The van der Waals surface area contributed by atoms with Gasteiger partial charge in [-0.15, -0.1) is 0 Å². The van der Waals surface area contributed by atoms with Crippen LogP contribution in [0, 0.1) is 5.92 Å². The molecule has 21 heavy (non-hydrogen) atoms. The van der Waals surface area contributed by atoms with E-state index in [1.165, 1.54) is 46.3 Å². The van der Waals surface area contributed by atoms with Crippen LogP contribution in [0.2, 0.25) is 0 Å². The quantitative estimate of drug-likeness (QED) is 0.733. The molecule has 0 heterocycles. The molecule has 0 aromatic carbocycles. The van der Waals surface area contributed by atoms with Gasteiger partial charge in [0.2, 0.25) is 0 Å². The van der Waals surface area contributed by atoms with Gasteiger partial charge in [-0.25, -0.2) is 0 Å². The Labute approximate surface area is 127 Å². The second-order valence-corrected chi connectivity index (χ2v) is 6.54. The van der Waals surface area contributed by atoms with Crippen molar-refractivity contribution in [1.82, 2.24) is 4.90 Å². The highest BCUT2D eigenvalue weighted by molar-refractivity contribution is 5.66. The maximum Gasteiger partial charge on any atom is 0.0346 e. The average molecular weight is 275 g/mol. The van der Waals surface area contributed by atoms with Gasteiger partial charge >= 0.3 is 0 Å². The van der Waals surface area contributed by atoms with Crippen LogP contribution >= 0.6 is 0 Å². The van der Waals surface area contributed by atoms with Crippen molar-refractivity contribution >= 4 is 0 Å². The molecule has 0 aromatic rings. The summed E-state index contributed by atoms with van der Waals surface area (Å²) in [6, 6.07) is 0. The van der Waals surface area contributed by atoms with Gasteiger partial charge in [0, 0.05) is 12.5 Å². The summed E-state index contributed by atoms with van der Waals surface area (Å²) < 4.78 is 0. The van der Waals surface area contributed by atoms with Crippen LogP contribution in [0.3, 0.4) is 0 Å². The molecule has 4 aliphatic carbocycles. The maximum absolute atomic E-state index is 2.39. The third-order valence-corrected chi connectivity index (χ3v) is 4.63.